The van der Waals surface area contributed by atoms with Crippen LogP contribution in [0.25, 0.3) is 0 Å². The molecule has 1 aliphatic rings. The highest BCUT2D eigenvalue weighted by atomic mass is 32.2. The van der Waals surface area contributed by atoms with Gasteiger partial charge in [-0.05, 0) is 45.8 Å². The molecule has 1 saturated heterocycles. The highest BCUT2D eigenvalue weighted by molar-refractivity contribution is 7.91. The van der Waals surface area contributed by atoms with E-state index in [0.717, 1.165) is 32.5 Å². The third-order valence-corrected chi connectivity index (χ3v) is 5.33. The minimum atomic E-state index is -2.71. The number of hydrogen-bond acceptors (Lipinski definition) is 4. The van der Waals surface area contributed by atoms with Crippen LogP contribution in [-0.4, -0.2) is 57.5 Å². The van der Waals surface area contributed by atoms with E-state index in [-0.39, 0.29) is 0 Å². The molecule has 0 radical (unpaired) electrons. The third-order valence-electron chi connectivity index (χ3n) is 3.50. The van der Waals surface area contributed by atoms with Crippen molar-refractivity contribution < 1.29 is 8.42 Å². The zero-order chi connectivity index (χ0) is 12.9. The fraction of sp³-hybridized carbons (Fsp3) is 1.00. The van der Waals surface area contributed by atoms with Crippen LogP contribution in [0.1, 0.15) is 26.7 Å². The summed E-state index contributed by atoms with van der Waals surface area (Å²) in [7, 11) is -0.592. The molecular formula is C12H26N2O2S. The SMILES string of the molecule is CCN(C)CC(C)NCCC1CCS(=O)(=O)C1. The molecular weight excluding hydrogens is 236 g/mol. The maximum absolute atomic E-state index is 11.3. The van der Waals surface area contributed by atoms with Gasteiger partial charge in [0.1, 0.15) is 0 Å². The summed E-state index contributed by atoms with van der Waals surface area (Å²) in [4.78, 5) is 2.28. The molecule has 2 unspecified atom stereocenters. The van der Waals surface area contributed by atoms with Crippen molar-refractivity contribution >= 4 is 9.84 Å². The zero-order valence-corrected chi connectivity index (χ0v) is 12.1. The highest BCUT2D eigenvalue weighted by Gasteiger charge is 2.27. The molecule has 0 bridgehead atoms. The Morgan fingerprint density at radius 2 is 2.18 bits per heavy atom. The summed E-state index contributed by atoms with van der Waals surface area (Å²) in [6, 6.07) is 0.470. The molecule has 4 nitrogen and oxygen atoms in total. The van der Waals surface area contributed by atoms with Crippen LogP contribution in [0.3, 0.4) is 0 Å². The Kier molecular flexibility index (Phi) is 5.89. The Labute approximate surface area is 106 Å². The van der Waals surface area contributed by atoms with Crippen molar-refractivity contribution in [3.05, 3.63) is 0 Å². The normalized spacial score (nSPS) is 25.3. The maximum atomic E-state index is 11.3. The molecule has 0 amide bonds. The van der Waals surface area contributed by atoms with Gasteiger partial charge < -0.3 is 10.2 Å². The van der Waals surface area contributed by atoms with E-state index in [1.54, 1.807) is 0 Å². The van der Waals surface area contributed by atoms with Gasteiger partial charge in [0, 0.05) is 12.6 Å². The minimum Gasteiger partial charge on any atom is -0.313 e. The molecule has 1 N–H and O–H groups in total. The van der Waals surface area contributed by atoms with Crippen LogP contribution in [0.5, 0.6) is 0 Å². The second-order valence-electron chi connectivity index (χ2n) is 5.27. The molecule has 0 aromatic rings. The second kappa shape index (κ2) is 6.71. The van der Waals surface area contributed by atoms with E-state index in [1.807, 2.05) is 0 Å². The summed E-state index contributed by atoms with van der Waals surface area (Å²) in [6.07, 6.45) is 1.84. The first-order chi connectivity index (χ1) is 7.93. The van der Waals surface area contributed by atoms with Gasteiger partial charge in [-0.3, -0.25) is 0 Å². The Bertz CT molecular complexity index is 316. The van der Waals surface area contributed by atoms with Crippen LogP contribution in [0.15, 0.2) is 0 Å². The molecule has 0 aliphatic carbocycles. The molecule has 1 fully saturated rings. The monoisotopic (exact) mass is 262 g/mol. The van der Waals surface area contributed by atoms with Crippen LogP contribution < -0.4 is 5.32 Å². The average Bonchev–Trinajstić information content (AvgIpc) is 2.58. The Hall–Kier alpha value is -0.130. The molecule has 1 rings (SSSR count). The van der Waals surface area contributed by atoms with Crippen LogP contribution in [0, 0.1) is 5.92 Å². The van der Waals surface area contributed by atoms with E-state index in [0.29, 0.717) is 23.5 Å². The van der Waals surface area contributed by atoms with E-state index in [2.05, 4.69) is 31.1 Å². The predicted octanol–water partition coefficient (Wildman–Crippen LogP) is 0.741. The second-order valence-corrected chi connectivity index (χ2v) is 7.50. The largest absolute Gasteiger partial charge is 0.313 e. The molecule has 0 aromatic carbocycles. The van der Waals surface area contributed by atoms with Gasteiger partial charge in [0.2, 0.25) is 0 Å². The van der Waals surface area contributed by atoms with Gasteiger partial charge >= 0.3 is 0 Å². The maximum Gasteiger partial charge on any atom is 0.150 e. The average molecular weight is 262 g/mol. The lowest BCUT2D eigenvalue weighted by atomic mass is 10.1. The summed E-state index contributed by atoms with van der Waals surface area (Å²) in [5.74, 6) is 1.17. The molecule has 0 aromatic heterocycles. The molecule has 0 saturated carbocycles. The fourth-order valence-electron chi connectivity index (χ4n) is 2.29. The van der Waals surface area contributed by atoms with Crippen molar-refractivity contribution in [3.8, 4) is 0 Å². The summed E-state index contributed by atoms with van der Waals surface area (Å²) in [6.45, 7) is 7.36. The van der Waals surface area contributed by atoms with E-state index in [1.165, 1.54) is 0 Å². The van der Waals surface area contributed by atoms with Crippen molar-refractivity contribution in [2.75, 3.05) is 38.2 Å². The lowest BCUT2D eigenvalue weighted by Gasteiger charge is -2.21. The number of rotatable bonds is 7. The number of sulfone groups is 1. The van der Waals surface area contributed by atoms with Gasteiger partial charge in [-0.25, -0.2) is 8.42 Å². The first kappa shape index (κ1) is 14.9. The first-order valence-corrected chi connectivity index (χ1v) is 8.37. The highest BCUT2D eigenvalue weighted by Crippen LogP contribution is 2.20. The van der Waals surface area contributed by atoms with Gasteiger partial charge in [-0.1, -0.05) is 6.92 Å². The molecule has 2 atom stereocenters. The molecule has 5 heteroatoms. The number of nitrogens with one attached hydrogen (secondary N) is 1. The quantitative estimate of drug-likeness (QED) is 0.735. The third kappa shape index (κ3) is 5.84. The Morgan fingerprint density at radius 1 is 1.47 bits per heavy atom. The minimum absolute atomic E-state index is 0.378. The van der Waals surface area contributed by atoms with Gasteiger partial charge in [0.25, 0.3) is 0 Å². The van der Waals surface area contributed by atoms with Crippen LogP contribution >= 0.6 is 0 Å². The number of likely N-dealkylation sites (N-methyl/N-ethyl adjacent to an activating group) is 1. The van der Waals surface area contributed by atoms with Crippen molar-refractivity contribution in [2.45, 2.75) is 32.7 Å². The molecule has 17 heavy (non-hydrogen) atoms. The van der Waals surface area contributed by atoms with Gasteiger partial charge in [-0.2, -0.15) is 0 Å². The smallest absolute Gasteiger partial charge is 0.150 e. The summed E-state index contributed by atoms with van der Waals surface area (Å²) in [5, 5.41) is 3.47. The van der Waals surface area contributed by atoms with E-state index >= 15 is 0 Å². The summed E-state index contributed by atoms with van der Waals surface area (Å²) in [5.41, 5.74) is 0. The topological polar surface area (TPSA) is 49.4 Å². The molecule has 0 spiro atoms. The summed E-state index contributed by atoms with van der Waals surface area (Å²) < 4.78 is 22.6. The number of hydrogen-bond donors (Lipinski definition) is 1. The predicted molar refractivity (Wildman–Crippen MR) is 72.0 cm³/mol. The summed E-state index contributed by atoms with van der Waals surface area (Å²) >= 11 is 0. The zero-order valence-electron chi connectivity index (χ0n) is 11.3. The van der Waals surface area contributed by atoms with Gasteiger partial charge in [0.15, 0.2) is 9.84 Å². The van der Waals surface area contributed by atoms with Gasteiger partial charge in [0.05, 0.1) is 11.5 Å². The van der Waals surface area contributed by atoms with E-state index in [9.17, 15) is 8.42 Å². The van der Waals surface area contributed by atoms with Crippen molar-refractivity contribution in [2.24, 2.45) is 5.92 Å². The first-order valence-electron chi connectivity index (χ1n) is 6.55. The van der Waals surface area contributed by atoms with E-state index in [4.69, 9.17) is 0 Å². The number of nitrogens with zero attached hydrogens (tertiary/aromatic N) is 1. The molecule has 102 valence electrons. The van der Waals surface area contributed by atoms with Crippen molar-refractivity contribution in [1.82, 2.24) is 10.2 Å². The van der Waals surface area contributed by atoms with Crippen molar-refractivity contribution in [1.29, 1.82) is 0 Å². The van der Waals surface area contributed by atoms with Crippen molar-refractivity contribution in [3.63, 3.8) is 0 Å². The van der Waals surface area contributed by atoms with Gasteiger partial charge in [-0.15, -0.1) is 0 Å². The van der Waals surface area contributed by atoms with Crippen LogP contribution in [0.4, 0.5) is 0 Å². The lowest BCUT2D eigenvalue weighted by molar-refractivity contribution is 0.307. The standard InChI is InChI=1S/C12H26N2O2S/c1-4-14(3)9-11(2)13-7-5-12-6-8-17(15,16)10-12/h11-13H,4-10H2,1-3H3. The molecule has 1 heterocycles. The fourth-order valence-corrected chi connectivity index (χ4v) is 4.21. The Morgan fingerprint density at radius 3 is 2.71 bits per heavy atom. The molecule has 1 aliphatic heterocycles. The Balaban J connectivity index is 2.12. The van der Waals surface area contributed by atoms with Crippen LogP contribution in [-0.2, 0) is 9.84 Å². The van der Waals surface area contributed by atoms with Crippen LogP contribution in [0.2, 0.25) is 0 Å². The lowest BCUT2D eigenvalue weighted by Crippen LogP contribution is -2.38. The van der Waals surface area contributed by atoms with E-state index < -0.39 is 9.84 Å².